The van der Waals surface area contributed by atoms with Crippen molar-refractivity contribution in [3.05, 3.63) is 59.7 Å². The van der Waals surface area contributed by atoms with Gasteiger partial charge in [-0.1, -0.05) is 35.5 Å². The minimum absolute atomic E-state index is 0.240. The predicted molar refractivity (Wildman–Crippen MR) is 70.0 cm³/mol. The number of nitrogens with zero attached hydrogens (tertiary/aromatic N) is 3. The van der Waals surface area contributed by atoms with Crippen LogP contribution in [0.2, 0.25) is 0 Å². The normalized spacial score (nSPS) is 10.7. The molecule has 0 radical (unpaired) electrons. The topological polar surface area (TPSA) is 68.0 Å². The van der Waals surface area contributed by atoms with E-state index < -0.39 is 5.97 Å². The Kier molecular flexibility index (Phi) is 2.72. The van der Waals surface area contributed by atoms with Gasteiger partial charge >= 0.3 is 5.97 Å². The molecule has 0 bridgehead atoms. The van der Waals surface area contributed by atoms with Gasteiger partial charge in [0.2, 0.25) is 0 Å². The zero-order valence-electron chi connectivity index (χ0n) is 10.0. The molecule has 3 rings (SSSR count). The minimum atomic E-state index is -0.950. The zero-order valence-corrected chi connectivity index (χ0v) is 10.0. The summed E-state index contributed by atoms with van der Waals surface area (Å²) in [6.07, 6.45) is 0. The van der Waals surface area contributed by atoms with Crippen molar-refractivity contribution in [1.82, 2.24) is 15.0 Å². The molecule has 0 saturated heterocycles. The van der Waals surface area contributed by atoms with E-state index in [2.05, 4.69) is 10.3 Å². The van der Waals surface area contributed by atoms with Crippen molar-refractivity contribution in [2.75, 3.05) is 0 Å². The summed E-state index contributed by atoms with van der Waals surface area (Å²) < 4.78 is 1.71. The maximum Gasteiger partial charge on any atom is 0.335 e. The summed E-state index contributed by atoms with van der Waals surface area (Å²) in [6.45, 7) is 0.570. The molecule has 0 amide bonds. The summed E-state index contributed by atoms with van der Waals surface area (Å²) in [7, 11) is 0. The second-order valence-electron chi connectivity index (χ2n) is 4.24. The average molecular weight is 253 g/mol. The summed E-state index contributed by atoms with van der Waals surface area (Å²) in [5.41, 5.74) is 2.75. The van der Waals surface area contributed by atoms with Gasteiger partial charge in [0, 0.05) is 0 Å². The van der Waals surface area contributed by atoms with Gasteiger partial charge in [-0.2, -0.15) is 0 Å². The summed E-state index contributed by atoms with van der Waals surface area (Å²) in [6, 6.07) is 14.7. The summed E-state index contributed by atoms with van der Waals surface area (Å²) in [5, 5.41) is 17.1. The third kappa shape index (κ3) is 2.18. The van der Waals surface area contributed by atoms with E-state index in [0.717, 1.165) is 11.1 Å². The molecular weight excluding hydrogens is 242 g/mol. The van der Waals surface area contributed by atoms with Crippen molar-refractivity contribution < 1.29 is 9.90 Å². The molecule has 5 nitrogen and oxygen atoms in total. The van der Waals surface area contributed by atoms with Gasteiger partial charge in [0.05, 0.1) is 17.6 Å². The lowest BCUT2D eigenvalue weighted by Gasteiger charge is -2.02. The van der Waals surface area contributed by atoms with Crippen LogP contribution in [-0.2, 0) is 6.54 Å². The van der Waals surface area contributed by atoms with Gasteiger partial charge in [-0.3, -0.25) is 0 Å². The van der Waals surface area contributed by atoms with Gasteiger partial charge in [-0.25, -0.2) is 9.48 Å². The number of hydrogen-bond acceptors (Lipinski definition) is 3. The zero-order chi connectivity index (χ0) is 13.2. The van der Waals surface area contributed by atoms with Gasteiger partial charge in [0.1, 0.15) is 5.52 Å². The van der Waals surface area contributed by atoms with E-state index in [1.165, 1.54) is 6.07 Å². The van der Waals surface area contributed by atoms with Crippen LogP contribution in [0, 0.1) is 0 Å². The number of rotatable bonds is 3. The molecule has 0 atom stereocenters. The van der Waals surface area contributed by atoms with Crippen LogP contribution in [0.25, 0.3) is 11.0 Å². The molecule has 0 aliphatic rings. The van der Waals surface area contributed by atoms with Crippen molar-refractivity contribution in [2.45, 2.75) is 6.54 Å². The fourth-order valence-corrected chi connectivity index (χ4v) is 1.97. The molecule has 1 N–H and O–H groups in total. The second-order valence-corrected chi connectivity index (χ2v) is 4.24. The third-order valence-electron chi connectivity index (χ3n) is 2.94. The SMILES string of the molecule is O=C(O)c1ccc2nnn(Cc3ccccc3)c2c1. The van der Waals surface area contributed by atoms with Crippen molar-refractivity contribution in [3.8, 4) is 0 Å². The van der Waals surface area contributed by atoms with E-state index in [1.807, 2.05) is 30.3 Å². The average Bonchev–Trinajstić information content (AvgIpc) is 2.82. The first-order valence-electron chi connectivity index (χ1n) is 5.84. The van der Waals surface area contributed by atoms with Gasteiger partial charge in [-0.15, -0.1) is 5.10 Å². The molecule has 1 heterocycles. The first-order valence-corrected chi connectivity index (χ1v) is 5.84. The Bertz CT molecular complexity index is 735. The van der Waals surface area contributed by atoms with Crippen LogP contribution in [-0.4, -0.2) is 26.1 Å². The number of aromatic nitrogens is 3. The van der Waals surface area contributed by atoms with Crippen molar-refractivity contribution in [2.24, 2.45) is 0 Å². The van der Waals surface area contributed by atoms with Gasteiger partial charge < -0.3 is 5.11 Å². The number of fused-ring (bicyclic) bond motifs is 1. The molecule has 0 aliphatic carbocycles. The van der Waals surface area contributed by atoms with Crippen LogP contribution in [0.4, 0.5) is 0 Å². The molecule has 2 aromatic carbocycles. The van der Waals surface area contributed by atoms with Crippen molar-refractivity contribution in [1.29, 1.82) is 0 Å². The van der Waals surface area contributed by atoms with Crippen molar-refractivity contribution in [3.63, 3.8) is 0 Å². The third-order valence-corrected chi connectivity index (χ3v) is 2.94. The molecule has 0 saturated carbocycles. The number of carbonyl (C=O) groups is 1. The van der Waals surface area contributed by atoms with Crippen LogP contribution in [0.15, 0.2) is 48.5 Å². The molecule has 0 spiro atoms. The minimum Gasteiger partial charge on any atom is -0.478 e. The monoisotopic (exact) mass is 253 g/mol. The molecule has 94 valence electrons. The highest BCUT2D eigenvalue weighted by atomic mass is 16.4. The van der Waals surface area contributed by atoms with Gasteiger partial charge in [-0.05, 0) is 23.8 Å². The van der Waals surface area contributed by atoms with Crippen molar-refractivity contribution >= 4 is 17.0 Å². The molecule has 19 heavy (non-hydrogen) atoms. The van der Waals surface area contributed by atoms with E-state index in [-0.39, 0.29) is 5.56 Å². The van der Waals surface area contributed by atoms with E-state index >= 15 is 0 Å². The van der Waals surface area contributed by atoms with Crippen LogP contribution in [0.3, 0.4) is 0 Å². The van der Waals surface area contributed by atoms with E-state index in [9.17, 15) is 4.79 Å². The molecular formula is C14H11N3O2. The fourth-order valence-electron chi connectivity index (χ4n) is 1.97. The highest BCUT2D eigenvalue weighted by Gasteiger charge is 2.09. The summed E-state index contributed by atoms with van der Waals surface area (Å²) in [4.78, 5) is 11.0. The second kappa shape index (κ2) is 4.53. The quantitative estimate of drug-likeness (QED) is 0.776. The molecule has 1 aromatic heterocycles. The number of carboxylic acid groups (broad SMARTS) is 1. The van der Waals surface area contributed by atoms with E-state index in [4.69, 9.17) is 5.11 Å². The largest absolute Gasteiger partial charge is 0.478 e. The molecule has 0 fully saturated rings. The Morgan fingerprint density at radius 3 is 2.68 bits per heavy atom. The Labute approximate surface area is 109 Å². The van der Waals surface area contributed by atoms with Crippen LogP contribution in [0.1, 0.15) is 15.9 Å². The van der Waals surface area contributed by atoms with Crippen LogP contribution < -0.4 is 0 Å². The first-order chi connectivity index (χ1) is 9.24. The van der Waals surface area contributed by atoms with E-state index in [0.29, 0.717) is 12.1 Å². The maximum atomic E-state index is 11.0. The molecule has 3 aromatic rings. The summed E-state index contributed by atoms with van der Waals surface area (Å²) >= 11 is 0. The number of hydrogen-bond donors (Lipinski definition) is 1. The maximum absolute atomic E-state index is 11.0. The molecule has 0 unspecified atom stereocenters. The smallest absolute Gasteiger partial charge is 0.335 e. The Balaban J connectivity index is 2.04. The number of benzene rings is 2. The van der Waals surface area contributed by atoms with Crippen LogP contribution >= 0.6 is 0 Å². The Hall–Kier alpha value is -2.69. The fraction of sp³-hybridized carbons (Fsp3) is 0.0714. The molecule has 5 heteroatoms. The lowest BCUT2D eigenvalue weighted by molar-refractivity contribution is 0.0697. The van der Waals surface area contributed by atoms with Gasteiger partial charge in [0.25, 0.3) is 0 Å². The Morgan fingerprint density at radius 2 is 1.95 bits per heavy atom. The molecule has 0 aliphatic heterocycles. The predicted octanol–water partition coefficient (Wildman–Crippen LogP) is 2.18. The standard InChI is InChI=1S/C14H11N3O2/c18-14(19)11-6-7-12-13(8-11)17(16-15-12)9-10-4-2-1-3-5-10/h1-8H,9H2,(H,18,19). The van der Waals surface area contributed by atoms with Gasteiger partial charge in [0.15, 0.2) is 0 Å². The summed E-state index contributed by atoms with van der Waals surface area (Å²) in [5.74, 6) is -0.950. The lowest BCUT2D eigenvalue weighted by atomic mass is 10.2. The first kappa shape index (κ1) is 11.4. The number of carboxylic acids is 1. The Morgan fingerprint density at radius 1 is 1.16 bits per heavy atom. The highest BCUT2D eigenvalue weighted by Crippen LogP contribution is 2.15. The number of aromatic carboxylic acids is 1. The highest BCUT2D eigenvalue weighted by molar-refractivity contribution is 5.92. The van der Waals surface area contributed by atoms with Crippen LogP contribution in [0.5, 0.6) is 0 Å². The lowest BCUT2D eigenvalue weighted by Crippen LogP contribution is -2.02. The van der Waals surface area contributed by atoms with E-state index in [1.54, 1.807) is 16.8 Å².